The van der Waals surface area contributed by atoms with Crippen LogP contribution in [0.2, 0.25) is 0 Å². The Bertz CT molecular complexity index is 1060. The first kappa shape index (κ1) is 19.8. The predicted octanol–water partition coefficient (Wildman–Crippen LogP) is 2.51. The second-order valence-electron chi connectivity index (χ2n) is 7.84. The highest BCUT2D eigenvalue weighted by Gasteiger charge is 2.29. The monoisotopic (exact) mass is 427 g/mol. The predicted molar refractivity (Wildman–Crippen MR) is 112 cm³/mol. The summed E-state index contributed by atoms with van der Waals surface area (Å²) in [7, 11) is 0. The van der Waals surface area contributed by atoms with Crippen LogP contribution in [-0.4, -0.2) is 70.1 Å². The molecule has 0 amide bonds. The van der Waals surface area contributed by atoms with E-state index in [0.29, 0.717) is 12.0 Å². The number of benzene rings is 1. The number of nitrogens with zero attached hydrogens (tertiary/aromatic N) is 6. The van der Waals surface area contributed by atoms with Crippen molar-refractivity contribution in [1.82, 2.24) is 24.6 Å². The van der Waals surface area contributed by atoms with Gasteiger partial charge in [0.25, 0.3) is 0 Å². The Morgan fingerprint density at radius 2 is 1.74 bits per heavy atom. The summed E-state index contributed by atoms with van der Waals surface area (Å²) in [6.07, 6.45) is 1.41. The molecule has 2 aliphatic heterocycles. The van der Waals surface area contributed by atoms with E-state index in [9.17, 15) is 8.78 Å². The maximum atomic E-state index is 13.5. The number of halogens is 2. The van der Waals surface area contributed by atoms with Gasteiger partial charge in [-0.05, 0) is 25.1 Å². The first-order valence-corrected chi connectivity index (χ1v) is 10.2. The van der Waals surface area contributed by atoms with E-state index < -0.39 is 11.6 Å². The Morgan fingerprint density at radius 1 is 1.00 bits per heavy atom. The van der Waals surface area contributed by atoms with E-state index in [2.05, 4.69) is 30.2 Å². The molecule has 3 aromatic rings. The molecule has 0 saturated carbocycles. The molecule has 2 aromatic heterocycles. The second kappa shape index (κ2) is 8.20. The highest BCUT2D eigenvalue weighted by atomic mass is 19.1. The van der Waals surface area contributed by atoms with Crippen LogP contribution in [0.25, 0.3) is 5.69 Å². The fourth-order valence-corrected chi connectivity index (χ4v) is 3.88. The minimum absolute atomic E-state index is 0.263. The molecule has 1 N–H and O–H groups in total. The number of pyridine rings is 1. The van der Waals surface area contributed by atoms with E-state index in [4.69, 9.17) is 4.74 Å². The molecule has 1 aromatic carbocycles. The molecule has 5 rings (SSSR count). The van der Waals surface area contributed by atoms with Gasteiger partial charge in [-0.25, -0.2) is 18.4 Å². The fourth-order valence-electron chi connectivity index (χ4n) is 3.88. The molecule has 2 fully saturated rings. The number of hydrogen-bond donors (Lipinski definition) is 1. The van der Waals surface area contributed by atoms with Gasteiger partial charge in [-0.3, -0.25) is 4.90 Å². The van der Waals surface area contributed by atoms with Crippen LogP contribution in [0.3, 0.4) is 0 Å². The van der Waals surface area contributed by atoms with Crippen LogP contribution in [0.4, 0.5) is 26.2 Å². The van der Waals surface area contributed by atoms with E-state index >= 15 is 0 Å². The minimum Gasteiger partial charge on any atom is -0.378 e. The summed E-state index contributed by atoms with van der Waals surface area (Å²) < 4.78 is 33.6. The van der Waals surface area contributed by atoms with Crippen molar-refractivity contribution in [2.45, 2.75) is 13.0 Å². The molecule has 0 unspecified atom stereocenters. The molecule has 0 atom stereocenters. The topological polar surface area (TPSA) is 71.3 Å². The zero-order chi connectivity index (χ0) is 21.4. The lowest BCUT2D eigenvalue weighted by Crippen LogP contribution is -2.56. The van der Waals surface area contributed by atoms with Crippen molar-refractivity contribution in [3.63, 3.8) is 0 Å². The average molecular weight is 427 g/mol. The van der Waals surface area contributed by atoms with Crippen molar-refractivity contribution in [2.24, 2.45) is 0 Å². The molecule has 0 radical (unpaired) electrons. The zero-order valence-electron chi connectivity index (χ0n) is 17.1. The van der Waals surface area contributed by atoms with Gasteiger partial charge in [0, 0.05) is 49.7 Å². The average Bonchev–Trinajstić information content (AvgIpc) is 3.14. The van der Waals surface area contributed by atoms with Crippen LogP contribution in [-0.2, 0) is 4.74 Å². The number of hydrogen-bond acceptors (Lipinski definition) is 7. The van der Waals surface area contributed by atoms with E-state index in [1.54, 1.807) is 0 Å². The summed E-state index contributed by atoms with van der Waals surface area (Å²) in [5, 5.41) is 7.45. The molecule has 4 heterocycles. The van der Waals surface area contributed by atoms with E-state index in [0.717, 1.165) is 62.7 Å². The molecule has 8 nitrogen and oxygen atoms in total. The van der Waals surface area contributed by atoms with Crippen molar-refractivity contribution in [3.05, 3.63) is 54.0 Å². The number of ether oxygens (including phenoxy) is 1. The van der Waals surface area contributed by atoms with Gasteiger partial charge >= 0.3 is 0 Å². The van der Waals surface area contributed by atoms with E-state index in [1.807, 2.05) is 19.1 Å². The van der Waals surface area contributed by atoms with Crippen LogP contribution < -0.4 is 10.2 Å². The molecule has 0 spiro atoms. The highest BCUT2D eigenvalue weighted by molar-refractivity contribution is 5.60. The van der Waals surface area contributed by atoms with Gasteiger partial charge in [0.05, 0.1) is 24.9 Å². The largest absolute Gasteiger partial charge is 0.378 e. The van der Waals surface area contributed by atoms with Crippen molar-refractivity contribution in [1.29, 1.82) is 0 Å². The van der Waals surface area contributed by atoms with Crippen LogP contribution >= 0.6 is 0 Å². The SMILES string of the molecule is Cc1cc(Nc2ncn(-c3cc(F)cc(F)c3)n2)cc(N2CCN(C3COC3)CC2)n1. The maximum absolute atomic E-state index is 13.5. The number of piperazine rings is 1. The number of nitrogens with one attached hydrogen (secondary N) is 1. The third-order valence-corrected chi connectivity index (χ3v) is 5.57. The molecule has 2 saturated heterocycles. The summed E-state index contributed by atoms with van der Waals surface area (Å²) in [6.45, 7) is 7.40. The van der Waals surface area contributed by atoms with Crippen molar-refractivity contribution in [2.75, 3.05) is 49.6 Å². The smallest absolute Gasteiger partial charge is 0.246 e. The lowest BCUT2D eigenvalue weighted by atomic mass is 10.2. The van der Waals surface area contributed by atoms with Crippen molar-refractivity contribution in [3.8, 4) is 5.69 Å². The van der Waals surface area contributed by atoms with Crippen LogP contribution in [0.15, 0.2) is 36.7 Å². The molecule has 0 bridgehead atoms. The first-order valence-electron chi connectivity index (χ1n) is 10.2. The van der Waals surface area contributed by atoms with E-state index in [1.165, 1.54) is 23.1 Å². The van der Waals surface area contributed by atoms with Crippen LogP contribution in [0.5, 0.6) is 0 Å². The number of aromatic nitrogens is 4. The molecule has 2 aliphatic rings. The Kier molecular flexibility index (Phi) is 5.24. The minimum atomic E-state index is -0.667. The second-order valence-corrected chi connectivity index (χ2v) is 7.84. The van der Waals surface area contributed by atoms with Gasteiger partial charge in [-0.15, -0.1) is 5.10 Å². The van der Waals surface area contributed by atoms with E-state index in [-0.39, 0.29) is 5.69 Å². The summed E-state index contributed by atoms with van der Waals surface area (Å²) >= 11 is 0. The summed E-state index contributed by atoms with van der Waals surface area (Å²) in [4.78, 5) is 13.6. The highest BCUT2D eigenvalue weighted by Crippen LogP contribution is 2.23. The normalized spacial score (nSPS) is 17.6. The Morgan fingerprint density at radius 3 is 2.42 bits per heavy atom. The first-order chi connectivity index (χ1) is 15.0. The van der Waals surface area contributed by atoms with Crippen LogP contribution in [0, 0.1) is 18.6 Å². The molecule has 10 heteroatoms. The van der Waals surface area contributed by atoms with Gasteiger partial charge in [-0.1, -0.05) is 0 Å². The number of aryl methyl sites for hydroxylation is 1. The molecule has 162 valence electrons. The third-order valence-electron chi connectivity index (χ3n) is 5.57. The lowest BCUT2D eigenvalue weighted by Gasteiger charge is -2.42. The fraction of sp³-hybridized carbons (Fsp3) is 0.381. The van der Waals surface area contributed by atoms with Gasteiger partial charge in [0.15, 0.2) is 0 Å². The summed E-state index contributed by atoms with van der Waals surface area (Å²) in [5.41, 5.74) is 1.95. The van der Waals surface area contributed by atoms with Gasteiger partial charge in [0.1, 0.15) is 23.8 Å². The molecular weight excluding hydrogens is 404 g/mol. The number of anilines is 3. The van der Waals surface area contributed by atoms with Gasteiger partial charge in [-0.2, -0.15) is 4.98 Å². The lowest BCUT2D eigenvalue weighted by molar-refractivity contribution is -0.0661. The third kappa shape index (κ3) is 4.35. The number of rotatable bonds is 5. The Hall–Kier alpha value is -3.11. The Labute approximate surface area is 178 Å². The molecular formula is C21H23F2N7O. The quantitative estimate of drug-likeness (QED) is 0.671. The van der Waals surface area contributed by atoms with Crippen molar-refractivity contribution >= 4 is 17.5 Å². The summed E-state index contributed by atoms with van der Waals surface area (Å²) in [6, 6.07) is 7.65. The van der Waals surface area contributed by atoms with Crippen LogP contribution in [0.1, 0.15) is 5.69 Å². The Balaban J connectivity index is 1.29. The standard InChI is InChI=1S/C21H23F2N7O/c1-14-6-17(10-20(25-14)29-4-2-28(3-5-29)19-11-31-12-19)26-21-24-13-30(27-21)18-8-15(22)7-16(23)9-18/h6-10,13,19H,2-5,11-12H2,1H3,(H,25,26,27). The molecule has 0 aliphatic carbocycles. The van der Waals surface area contributed by atoms with Crippen molar-refractivity contribution < 1.29 is 13.5 Å². The van der Waals surface area contributed by atoms with Gasteiger partial charge in [0.2, 0.25) is 5.95 Å². The van der Waals surface area contributed by atoms with Gasteiger partial charge < -0.3 is 15.0 Å². The maximum Gasteiger partial charge on any atom is 0.246 e. The summed E-state index contributed by atoms with van der Waals surface area (Å²) in [5.74, 6) is -0.103. The zero-order valence-corrected chi connectivity index (χ0v) is 17.1. The molecule has 31 heavy (non-hydrogen) atoms.